The zero-order valence-electron chi connectivity index (χ0n) is 26.4. The van der Waals surface area contributed by atoms with Gasteiger partial charge in [-0.1, -0.05) is 147 Å². The zero-order valence-corrected chi connectivity index (χ0v) is 27.3. The Balaban J connectivity index is 1.31. The Bertz CT molecular complexity index is 2450. The molecule has 0 amide bonds. The third-order valence-corrected chi connectivity index (χ3v) is 11.1. The van der Waals surface area contributed by atoms with Crippen LogP contribution >= 0.6 is 11.3 Å². The summed E-state index contributed by atoms with van der Waals surface area (Å²) in [5.41, 5.74) is 13.8. The molecular weight excluding hydrogens is 587 g/mol. The summed E-state index contributed by atoms with van der Waals surface area (Å²) in [7, 11) is 0. The van der Waals surface area contributed by atoms with E-state index in [1.807, 2.05) is 11.3 Å². The fourth-order valence-electron chi connectivity index (χ4n) is 7.72. The molecule has 8 aromatic rings. The van der Waals surface area contributed by atoms with Crippen molar-refractivity contribution in [1.29, 1.82) is 0 Å². The van der Waals surface area contributed by atoms with E-state index in [2.05, 4.69) is 183 Å². The van der Waals surface area contributed by atoms with Gasteiger partial charge in [-0.05, 0) is 58.1 Å². The second-order valence-corrected chi connectivity index (χ2v) is 13.9. The Kier molecular flexibility index (Phi) is 6.41. The van der Waals surface area contributed by atoms with Crippen LogP contribution in [0.1, 0.15) is 25.0 Å². The number of nitrogens with zero attached hydrogens (tertiary/aromatic N) is 1. The summed E-state index contributed by atoms with van der Waals surface area (Å²) >= 11 is 1.88. The normalized spacial score (nSPS) is 13.1. The lowest BCUT2D eigenvalue weighted by Crippen LogP contribution is -2.15. The van der Waals surface area contributed by atoms with E-state index in [1.54, 1.807) is 0 Å². The minimum atomic E-state index is -0.0640. The second kappa shape index (κ2) is 10.8. The van der Waals surface area contributed by atoms with Gasteiger partial charge in [0, 0.05) is 48.0 Å². The number of rotatable bonds is 5. The van der Waals surface area contributed by atoms with E-state index in [9.17, 15) is 0 Å². The number of anilines is 3. The summed E-state index contributed by atoms with van der Waals surface area (Å²) in [6.45, 7) is 4.71. The molecule has 1 aromatic heterocycles. The van der Waals surface area contributed by atoms with Crippen LogP contribution in [0.3, 0.4) is 0 Å². The van der Waals surface area contributed by atoms with E-state index in [1.165, 1.54) is 64.7 Å². The van der Waals surface area contributed by atoms with Crippen LogP contribution < -0.4 is 4.90 Å². The highest BCUT2D eigenvalue weighted by atomic mass is 32.1. The molecule has 0 bridgehead atoms. The largest absolute Gasteiger partial charge is 0.309 e. The van der Waals surface area contributed by atoms with Gasteiger partial charge in [0.15, 0.2) is 0 Å². The quantitative estimate of drug-likeness (QED) is 0.185. The van der Waals surface area contributed by atoms with Gasteiger partial charge >= 0.3 is 0 Å². The second-order valence-electron chi connectivity index (χ2n) is 12.9. The number of thiophene rings is 1. The van der Waals surface area contributed by atoms with Crippen molar-refractivity contribution < 1.29 is 0 Å². The molecule has 0 atom stereocenters. The van der Waals surface area contributed by atoms with Crippen molar-refractivity contribution in [2.45, 2.75) is 19.3 Å². The summed E-state index contributed by atoms with van der Waals surface area (Å²) in [6.07, 6.45) is 0. The Hall–Kier alpha value is -5.44. The van der Waals surface area contributed by atoms with Gasteiger partial charge in [0.25, 0.3) is 0 Å². The Morgan fingerprint density at radius 3 is 1.74 bits per heavy atom. The predicted molar refractivity (Wildman–Crippen MR) is 202 cm³/mol. The monoisotopic (exact) mass is 619 g/mol. The number of hydrogen-bond acceptors (Lipinski definition) is 2. The van der Waals surface area contributed by atoms with Gasteiger partial charge in [-0.25, -0.2) is 0 Å². The van der Waals surface area contributed by atoms with Crippen LogP contribution in [0.2, 0.25) is 0 Å². The Morgan fingerprint density at radius 2 is 0.957 bits per heavy atom. The highest BCUT2D eigenvalue weighted by Gasteiger charge is 2.37. The van der Waals surface area contributed by atoms with E-state index < -0.39 is 0 Å². The smallest absolute Gasteiger partial charge is 0.0540 e. The molecule has 224 valence electrons. The van der Waals surface area contributed by atoms with Gasteiger partial charge in [-0.15, -0.1) is 11.3 Å². The number of para-hydroxylation sites is 3. The maximum atomic E-state index is 2.46. The molecule has 0 saturated carbocycles. The number of fused-ring (bicyclic) bond motifs is 6. The van der Waals surface area contributed by atoms with Crippen LogP contribution in [0, 0.1) is 0 Å². The molecule has 47 heavy (non-hydrogen) atoms. The molecule has 1 heterocycles. The van der Waals surface area contributed by atoms with Crippen molar-refractivity contribution in [3.63, 3.8) is 0 Å². The molecule has 0 N–H and O–H groups in total. The van der Waals surface area contributed by atoms with Gasteiger partial charge in [-0.2, -0.15) is 0 Å². The fourth-order valence-corrected chi connectivity index (χ4v) is 8.95. The molecular formula is C45H33NS. The average molecular weight is 620 g/mol. The van der Waals surface area contributed by atoms with Crippen molar-refractivity contribution >= 4 is 48.6 Å². The maximum Gasteiger partial charge on any atom is 0.0540 e. The van der Waals surface area contributed by atoms with Crippen molar-refractivity contribution in [2.24, 2.45) is 0 Å². The van der Waals surface area contributed by atoms with Gasteiger partial charge in [0.1, 0.15) is 0 Å². The first-order valence-electron chi connectivity index (χ1n) is 16.3. The summed E-state index contributed by atoms with van der Waals surface area (Å²) in [4.78, 5) is 2.46. The summed E-state index contributed by atoms with van der Waals surface area (Å²) < 4.78 is 2.64. The van der Waals surface area contributed by atoms with Gasteiger partial charge < -0.3 is 4.90 Å². The first kappa shape index (κ1) is 27.8. The van der Waals surface area contributed by atoms with E-state index in [0.717, 1.165) is 17.1 Å². The molecule has 0 unspecified atom stereocenters. The first-order valence-corrected chi connectivity index (χ1v) is 17.1. The molecule has 0 spiro atoms. The highest BCUT2D eigenvalue weighted by molar-refractivity contribution is 7.26. The minimum Gasteiger partial charge on any atom is -0.309 e. The molecule has 1 nitrogen and oxygen atoms in total. The van der Waals surface area contributed by atoms with Gasteiger partial charge in [-0.3, -0.25) is 0 Å². The zero-order chi connectivity index (χ0) is 31.5. The molecule has 1 aliphatic rings. The van der Waals surface area contributed by atoms with E-state index in [0.29, 0.717) is 0 Å². The van der Waals surface area contributed by atoms with E-state index >= 15 is 0 Å². The predicted octanol–water partition coefficient (Wildman–Crippen LogP) is 13.2. The minimum absolute atomic E-state index is 0.0640. The molecule has 1 aliphatic carbocycles. The van der Waals surface area contributed by atoms with Crippen LogP contribution in [-0.4, -0.2) is 0 Å². The van der Waals surface area contributed by atoms with Crippen LogP contribution in [0.5, 0.6) is 0 Å². The summed E-state index contributed by atoms with van der Waals surface area (Å²) in [5.74, 6) is 0. The van der Waals surface area contributed by atoms with Crippen molar-refractivity contribution in [3.05, 3.63) is 175 Å². The molecule has 0 radical (unpaired) electrons. The Morgan fingerprint density at radius 1 is 0.426 bits per heavy atom. The lowest BCUT2D eigenvalue weighted by Gasteiger charge is -2.30. The fraction of sp³-hybridized carbons (Fsp3) is 0.0667. The van der Waals surface area contributed by atoms with Crippen LogP contribution in [-0.2, 0) is 5.41 Å². The third-order valence-electron chi connectivity index (χ3n) is 9.90. The highest BCUT2D eigenvalue weighted by Crippen LogP contribution is 2.54. The molecule has 0 fully saturated rings. The van der Waals surface area contributed by atoms with Crippen LogP contribution in [0.15, 0.2) is 164 Å². The van der Waals surface area contributed by atoms with Crippen LogP contribution in [0.4, 0.5) is 17.1 Å². The van der Waals surface area contributed by atoms with Crippen molar-refractivity contribution in [2.75, 3.05) is 4.90 Å². The molecule has 7 aromatic carbocycles. The van der Waals surface area contributed by atoms with E-state index in [4.69, 9.17) is 0 Å². The molecule has 9 rings (SSSR count). The van der Waals surface area contributed by atoms with Gasteiger partial charge in [0.2, 0.25) is 0 Å². The summed E-state index contributed by atoms with van der Waals surface area (Å²) in [6, 6.07) is 60.0. The van der Waals surface area contributed by atoms with Crippen molar-refractivity contribution in [1.82, 2.24) is 0 Å². The maximum absolute atomic E-state index is 2.46. The molecule has 0 saturated heterocycles. The Labute approximate surface area is 280 Å². The molecule has 0 aliphatic heterocycles. The van der Waals surface area contributed by atoms with E-state index in [-0.39, 0.29) is 5.41 Å². The standard InChI is InChI=1S/C45H33NS/c1-45(2)38-25-10-6-21-37(38)43-34(22-15-26-39(43)45)31-18-7-11-27-40(31)46(30-16-4-3-5-17-30)41-28-12-8-19-32(41)35-23-14-24-36-33-20-9-13-29-42(33)47-44(35)36/h3-29H,1-2H3. The number of hydrogen-bond donors (Lipinski definition) is 0. The molecule has 2 heteroatoms. The first-order chi connectivity index (χ1) is 23.1. The van der Waals surface area contributed by atoms with Gasteiger partial charge in [0.05, 0.1) is 11.4 Å². The number of benzene rings is 7. The van der Waals surface area contributed by atoms with Crippen molar-refractivity contribution in [3.8, 4) is 33.4 Å². The SMILES string of the molecule is CC1(C)c2ccccc2-c2c(-c3ccccc3N(c3ccccc3)c3ccccc3-c3cccc4c3sc3ccccc34)cccc21. The topological polar surface area (TPSA) is 3.24 Å². The van der Waals surface area contributed by atoms with Crippen LogP contribution in [0.25, 0.3) is 53.6 Å². The average Bonchev–Trinajstić information content (AvgIpc) is 3.62. The third kappa shape index (κ3) is 4.29. The lowest BCUT2D eigenvalue weighted by atomic mass is 9.82. The lowest BCUT2D eigenvalue weighted by molar-refractivity contribution is 0.660. The summed E-state index contributed by atoms with van der Waals surface area (Å²) in [5, 5.41) is 2.63.